The number of thiocarbonyl (C=S) groups is 1. The molecule has 0 saturated carbocycles. The first-order valence-corrected chi connectivity index (χ1v) is 10.8. The van der Waals surface area contributed by atoms with Gasteiger partial charge in [-0.05, 0) is 66.2 Å². The van der Waals surface area contributed by atoms with E-state index in [-0.39, 0.29) is 23.1 Å². The highest BCUT2D eigenvalue weighted by Crippen LogP contribution is 2.26. The van der Waals surface area contributed by atoms with Gasteiger partial charge in [0.25, 0.3) is 11.8 Å². The summed E-state index contributed by atoms with van der Waals surface area (Å²) < 4.78 is 19.0. The van der Waals surface area contributed by atoms with Crippen molar-refractivity contribution in [1.29, 1.82) is 0 Å². The van der Waals surface area contributed by atoms with Crippen molar-refractivity contribution in [2.45, 2.75) is 20.0 Å². The van der Waals surface area contributed by atoms with E-state index in [4.69, 9.17) is 17.0 Å². The fourth-order valence-electron chi connectivity index (χ4n) is 3.40. The number of aryl methyl sites for hydroxylation is 1. The molecule has 0 bridgehead atoms. The molecule has 0 aliphatic carbocycles. The van der Waals surface area contributed by atoms with Crippen molar-refractivity contribution in [3.8, 4) is 5.75 Å². The number of para-hydroxylation sites is 1. The third-order valence-corrected chi connectivity index (χ3v) is 5.52. The molecule has 1 aliphatic rings. The first kappa shape index (κ1) is 22.4. The number of ether oxygens (including phenoxy) is 1. The Morgan fingerprint density at radius 3 is 2.33 bits per heavy atom. The lowest BCUT2D eigenvalue weighted by molar-refractivity contribution is -0.122. The van der Waals surface area contributed by atoms with Gasteiger partial charge in [0.1, 0.15) is 23.7 Å². The number of nitrogens with zero attached hydrogens (tertiary/aromatic N) is 1. The third-order valence-electron chi connectivity index (χ3n) is 5.23. The Hall–Kier alpha value is -3.84. The van der Waals surface area contributed by atoms with E-state index in [9.17, 15) is 14.0 Å². The summed E-state index contributed by atoms with van der Waals surface area (Å²) in [6, 6.07) is 20.5. The second-order valence-corrected chi connectivity index (χ2v) is 7.82. The Kier molecular flexibility index (Phi) is 6.60. The van der Waals surface area contributed by atoms with Crippen molar-refractivity contribution in [1.82, 2.24) is 5.32 Å². The number of halogens is 1. The molecule has 166 valence electrons. The van der Waals surface area contributed by atoms with E-state index < -0.39 is 11.8 Å². The van der Waals surface area contributed by atoms with Gasteiger partial charge in [-0.2, -0.15) is 0 Å². The van der Waals surface area contributed by atoms with E-state index in [0.29, 0.717) is 17.0 Å². The molecule has 5 nitrogen and oxygen atoms in total. The number of carbonyl (C=O) groups excluding carboxylic acids is 2. The molecule has 0 atom stereocenters. The second kappa shape index (κ2) is 9.75. The van der Waals surface area contributed by atoms with E-state index in [2.05, 4.69) is 5.32 Å². The minimum absolute atomic E-state index is 0.0345. The van der Waals surface area contributed by atoms with Crippen LogP contribution in [0.4, 0.5) is 10.1 Å². The normalized spacial score (nSPS) is 15.0. The SMILES string of the molecule is CCc1ccc(N2C(=O)/C(=C/c3ccccc3OCc3ccc(F)cc3)C(=O)NC2=S)cc1. The summed E-state index contributed by atoms with van der Waals surface area (Å²) in [6.45, 7) is 2.25. The first-order valence-electron chi connectivity index (χ1n) is 10.4. The third kappa shape index (κ3) is 4.99. The topological polar surface area (TPSA) is 58.6 Å². The molecule has 3 aromatic rings. The Bertz CT molecular complexity index is 1240. The lowest BCUT2D eigenvalue weighted by Gasteiger charge is -2.29. The lowest BCUT2D eigenvalue weighted by Crippen LogP contribution is -2.54. The van der Waals surface area contributed by atoms with Crippen molar-refractivity contribution in [2.75, 3.05) is 4.90 Å². The Balaban J connectivity index is 1.62. The van der Waals surface area contributed by atoms with Gasteiger partial charge in [0.15, 0.2) is 5.11 Å². The number of hydrogen-bond acceptors (Lipinski definition) is 4. The lowest BCUT2D eigenvalue weighted by atomic mass is 10.1. The molecule has 1 fully saturated rings. The highest BCUT2D eigenvalue weighted by molar-refractivity contribution is 7.80. The van der Waals surface area contributed by atoms with Gasteiger partial charge >= 0.3 is 0 Å². The number of nitrogens with one attached hydrogen (secondary N) is 1. The standard InChI is InChI=1S/C26H21FN2O3S/c1-2-17-9-13-21(14-10-17)29-25(31)22(24(30)28-26(29)33)15-19-5-3-4-6-23(19)32-16-18-7-11-20(27)12-8-18/h3-15H,2,16H2,1H3,(H,28,30,33)/b22-15+. The zero-order chi connectivity index (χ0) is 23.4. The van der Waals surface area contributed by atoms with Gasteiger partial charge in [0, 0.05) is 5.56 Å². The van der Waals surface area contributed by atoms with Crippen LogP contribution in [-0.2, 0) is 22.6 Å². The van der Waals surface area contributed by atoms with Crippen LogP contribution in [0.25, 0.3) is 6.08 Å². The van der Waals surface area contributed by atoms with E-state index in [0.717, 1.165) is 17.5 Å². The molecule has 1 aliphatic heterocycles. The van der Waals surface area contributed by atoms with Crippen molar-refractivity contribution in [3.63, 3.8) is 0 Å². The predicted octanol–water partition coefficient (Wildman–Crippen LogP) is 4.80. The molecule has 33 heavy (non-hydrogen) atoms. The quantitative estimate of drug-likeness (QED) is 0.326. The molecule has 0 aromatic heterocycles. The van der Waals surface area contributed by atoms with Crippen LogP contribution in [0.15, 0.2) is 78.4 Å². The number of anilines is 1. The summed E-state index contributed by atoms with van der Waals surface area (Å²) in [7, 11) is 0. The van der Waals surface area contributed by atoms with Gasteiger partial charge < -0.3 is 4.74 Å². The van der Waals surface area contributed by atoms with E-state index in [1.165, 1.54) is 23.1 Å². The minimum atomic E-state index is -0.570. The molecule has 2 amide bonds. The summed E-state index contributed by atoms with van der Waals surface area (Å²) in [4.78, 5) is 27.2. The summed E-state index contributed by atoms with van der Waals surface area (Å²) >= 11 is 5.27. The molecule has 1 heterocycles. The predicted molar refractivity (Wildman–Crippen MR) is 129 cm³/mol. The van der Waals surface area contributed by atoms with Crippen LogP contribution in [0.2, 0.25) is 0 Å². The van der Waals surface area contributed by atoms with Crippen LogP contribution < -0.4 is 15.0 Å². The zero-order valence-electron chi connectivity index (χ0n) is 17.9. The van der Waals surface area contributed by atoms with Crippen molar-refractivity contribution >= 4 is 40.9 Å². The number of hydrogen-bond donors (Lipinski definition) is 1. The highest BCUT2D eigenvalue weighted by atomic mass is 32.1. The molecule has 3 aromatic carbocycles. The molecule has 7 heteroatoms. The molecular weight excluding hydrogens is 439 g/mol. The summed E-state index contributed by atoms with van der Waals surface area (Å²) in [5, 5.41) is 2.63. The fraction of sp³-hybridized carbons (Fsp3) is 0.115. The fourth-order valence-corrected chi connectivity index (χ4v) is 3.68. The first-order chi connectivity index (χ1) is 16.0. The van der Waals surface area contributed by atoms with Gasteiger partial charge in [-0.25, -0.2) is 4.39 Å². The average molecular weight is 461 g/mol. The minimum Gasteiger partial charge on any atom is -0.488 e. The van der Waals surface area contributed by atoms with Crippen molar-refractivity contribution < 1.29 is 18.7 Å². The number of carbonyl (C=O) groups is 2. The maximum absolute atomic E-state index is 13.3. The maximum Gasteiger partial charge on any atom is 0.270 e. The van der Waals surface area contributed by atoms with Crippen LogP contribution in [0.1, 0.15) is 23.6 Å². The molecule has 1 saturated heterocycles. The summed E-state index contributed by atoms with van der Waals surface area (Å²) in [6.07, 6.45) is 2.36. The van der Waals surface area contributed by atoms with Crippen molar-refractivity contribution in [3.05, 3.63) is 101 Å². The van der Waals surface area contributed by atoms with Crippen LogP contribution >= 0.6 is 12.2 Å². The van der Waals surface area contributed by atoms with Crippen LogP contribution in [0, 0.1) is 5.82 Å². The molecule has 0 unspecified atom stereocenters. The second-order valence-electron chi connectivity index (χ2n) is 7.43. The molecular formula is C26H21FN2O3S. The van der Waals surface area contributed by atoms with Crippen LogP contribution in [0.3, 0.4) is 0 Å². The van der Waals surface area contributed by atoms with E-state index in [1.54, 1.807) is 48.5 Å². The van der Waals surface area contributed by atoms with Crippen molar-refractivity contribution in [2.24, 2.45) is 0 Å². The number of rotatable bonds is 6. The van der Waals surface area contributed by atoms with Gasteiger partial charge in [0.2, 0.25) is 0 Å². The van der Waals surface area contributed by atoms with Gasteiger partial charge in [-0.1, -0.05) is 49.4 Å². The van der Waals surface area contributed by atoms with Crippen LogP contribution in [0.5, 0.6) is 5.75 Å². The molecule has 0 spiro atoms. The van der Waals surface area contributed by atoms with Gasteiger partial charge in [-0.3, -0.25) is 19.8 Å². The average Bonchev–Trinajstić information content (AvgIpc) is 2.82. The van der Waals surface area contributed by atoms with E-state index in [1.807, 2.05) is 19.1 Å². The summed E-state index contributed by atoms with van der Waals surface area (Å²) in [5.41, 5.74) is 3.00. The maximum atomic E-state index is 13.3. The zero-order valence-corrected chi connectivity index (χ0v) is 18.7. The Labute approximate surface area is 196 Å². The highest BCUT2D eigenvalue weighted by Gasteiger charge is 2.34. The van der Waals surface area contributed by atoms with Gasteiger partial charge in [0.05, 0.1) is 5.69 Å². The largest absolute Gasteiger partial charge is 0.488 e. The summed E-state index contributed by atoms with van der Waals surface area (Å²) in [5.74, 6) is -0.916. The number of benzene rings is 3. The Morgan fingerprint density at radius 2 is 1.64 bits per heavy atom. The van der Waals surface area contributed by atoms with E-state index >= 15 is 0 Å². The smallest absolute Gasteiger partial charge is 0.270 e. The van der Waals surface area contributed by atoms with Gasteiger partial charge in [-0.15, -0.1) is 0 Å². The number of amides is 2. The monoisotopic (exact) mass is 460 g/mol. The molecule has 1 N–H and O–H groups in total. The molecule has 4 rings (SSSR count). The van der Waals surface area contributed by atoms with Crippen LogP contribution in [-0.4, -0.2) is 16.9 Å². The molecule has 0 radical (unpaired) electrons. The Morgan fingerprint density at radius 1 is 0.970 bits per heavy atom.